The van der Waals surface area contributed by atoms with Gasteiger partial charge in [-0.05, 0) is 12.1 Å². The Labute approximate surface area is 100 Å². The first-order valence-corrected chi connectivity index (χ1v) is 4.70. The van der Waals surface area contributed by atoms with Crippen LogP contribution in [-0.4, -0.2) is 25.5 Å². The largest absolute Gasteiger partial charge is 0.418 e. The second kappa shape index (κ2) is 5.89. The molecule has 0 fully saturated rings. The molecule has 1 unspecified atom stereocenters. The molecule has 0 aliphatic rings. The minimum atomic E-state index is -4.81. The van der Waals surface area contributed by atoms with Crippen LogP contribution in [0.1, 0.15) is 11.7 Å². The van der Waals surface area contributed by atoms with Crippen molar-refractivity contribution in [1.29, 1.82) is 0 Å². The summed E-state index contributed by atoms with van der Waals surface area (Å²) in [7, 11) is 2.35. The Morgan fingerprint density at radius 1 is 1.11 bits per heavy atom. The molecule has 0 aliphatic heterocycles. The van der Waals surface area contributed by atoms with Gasteiger partial charge in [-0.2, -0.15) is 22.9 Å². The first-order valence-electron chi connectivity index (χ1n) is 4.70. The first-order chi connectivity index (χ1) is 8.40. The van der Waals surface area contributed by atoms with E-state index in [4.69, 9.17) is 5.11 Å². The van der Waals surface area contributed by atoms with Crippen LogP contribution in [0.15, 0.2) is 18.2 Å². The lowest BCUT2D eigenvalue weighted by Gasteiger charge is -2.17. The highest BCUT2D eigenvalue weighted by atomic mass is 19.4. The highest BCUT2D eigenvalue weighted by molar-refractivity contribution is 5.42. The zero-order valence-corrected chi connectivity index (χ0v) is 9.52. The molecule has 0 radical (unpaired) electrons. The molecule has 1 atom stereocenters. The van der Waals surface area contributed by atoms with Gasteiger partial charge in [-0.3, -0.25) is 0 Å². The van der Waals surface area contributed by atoms with Gasteiger partial charge < -0.3 is 14.9 Å². The third kappa shape index (κ3) is 3.49. The smallest absolute Gasteiger partial charge is 0.379 e. The van der Waals surface area contributed by atoms with E-state index in [9.17, 15) is 13.2 Å². The average molecular weight is 268 g/mol. The van der Waals surface area contributed by atoms with Crippen LogP contribution in [-0.2, 0) is 9.78 Å². The number of rotatable bonds is 5. The molecule has 0 heterocycles. The number of hydrogen-bond donors (Lipinski definition) is 1. The van der Waals surface area contributed by atoms with Gasteiger partial charge in [-0.15, -0.1) is 0 Å². The molecule has 102 valence electrons. The molecule has 0 spiro atoms. The van der Waals surface area contributed by atoms with Crippen LogP contribution in [0, 0.1) is 0 Å². The fourth-order valence-corrected chi connectivity index (χ4v) is 1.23. The predicted molar refractivity (Wildman–Crippen MR) is 52.7 cm³/mol. The molecule has 5 nitrogen and oxygen atoms in total. The van der Waals surface area contributed by atoms with E-state index in [-0.39, 0.29) is 11.5 Å². The van der Waals surface area contributed by atoms with Crippen LogP contribution in [0.2, 0.25) is 0 Å². The van der Waals surface area contributed by atoms with Crippen LogP contribution in [0.3, 0.4) is 0 Å². The molecule has 0 amide bonds. The van der Waals surface area contributed by atoms with Crippen molar-refractivity contribution in [2.24, 2.45) is 0 Å². The van der Waals surface area contributed by atoms with Gasteiger partial charge >= 0.3 is 6.18 Å². The lowest BCUT2D eigenvalue weighted by atomic mass is 10.1. The quantitative estimate of drug-likeness (QED) is 0.655. The predicted octanol–water partition coefficient (Wildman–Crippen LogP) is 2.16. The van der Waals surface area contributed by atoms with Crippen molar-refractivity contribution in [3.8, 4) is 11.5 Å². The fraction of sp³-hybridized carbons (Fsp3) is 0.400. The standard InChI is InChI=1S/C10H11F3O5/c1-15-17-6-3-4-7(8(5-6)18-16-2)9(14)10(11,12)13/h3-5,9,14H,1-2H3. The molecule has 1 rings (SSSR count). The molecule has 0 saturated heterocycles. The van der Waals surface area contributed by atoms with Gasteiger partial charge in [0.1, 0.15) is 0 Å². The van der Waals surface area contributed by atoms with E-state index < -0.39 is 17.8 Å². The molecule has 18 heavy (non-hydrogen) atoms. The Morgan fingerprint density at radius 2 is 1.72 bits per heavy atom. The van der Waals surface area contributed by atoms with E-state index in [1.165, 1.54) is 13.2 Å². The summed E-state index contributed by atoms with van der Waals surface area (Å²) in [5.41, 5.74) is -0.493. The summed E-state index contributed by atoms with van der Waals surface area (Å²) in [5, 5.41) is 9.15. The second-order valence-electron chi connectivity index (χ2n) is 3.14. The van der Waals surface area contributed by atoms with E-state index in [2.05, 4.69) is 19.6 Å². The van der Waals surface area contributed by atoms with Crippen molar-refractivity contribution in [2.75, 3.05) is 14.2 Å². The maximum atomic E-state index is 12.4. The summed E-state index contributed by atoms with van der Waals surface area (Å²) >= 11 is 0. The number of alkyl halides is 3. The number of hydrogen-bond acceptors (Lipinski definition) is 5. The van der Waals surface area contributed by atoms with Gasteiger partial charge in [0.25, 0.3) is 0 Å². The Hall–Kier alpha value is -1.51. The van der Waals surface area contributed by atoms with Crippen molar-refractivity contribution >= 4 is 0 Å². The molecular formula is C10H11F3O5. The molecule has 8 heteroatoms. The van der Waals surface area contributed by atoms with E-state index in [0.29, 0.717) is 0 Å². The minimum absolute atomic E-state index is 0.0997. The van der Waals surface area contributed by atoms with Gasteiger partial charge in [0.05, 0.1) is 14.2 Å². The first kappa shape index (κ1) is 14.6. The minimum Gasteiger partial charge on any atom is -0.379 e. The highest BCUT2D eigenvalue weighted by Crippen LogP contribution is 2.38. The lowest BCUT2D eigenvalue weighted by molar-refractivity contribution is -0.212. The van der Waals surface area contributed by atoms with Gasteiger partial charge in [-0.1, -0.05) is 0 Å². The maximum Gasteiger partial charge on any atom is 0.418 e. The summed E-state index contributed by atoms with van der Waals surface area (Å²) in [5.74, 6) is -0.223. The van der Waals surface area contributed by atoms with Crippen molar-refractivity contribution in [2.45, 2.75) is 12.3 Å². The number of halogens is 3. The zero-order chi connectivity index (χ0) is 13.8. The van der Waals surface area contributed by atoms with Crippen LogP contribution < -0.4 is 9.78 Å². The summed E-state index contributed by atoms with van der Waals surface area (Å²) in [6.45, 7) is 0. The van der Waals surface area contributed by atoms with E-state index in [1.807, 2.05) is 0 Å². The van der Waals surface area contributed by atoms with E-state index >= 15 is 0 Å². The fourth-order valence-electron chi connectivity index (χ4n) is 1.23. The van der Waals surface area contributed by atoms with Gasteiger partial charge in [0.2, 0.25) is 0 Å². The molecule has 0 aliphatic carbocycles. The van der Waals surface area contributed by atoms with Crippen LogP contribution in [0.25, 0.3) is 0 Å². The topological polar surface area (TPSA) is 57.2 Å². The maximum absolute atomic E-state index is 12.4. The van der Waals surface area contributed by atoms with Gasteiger partial charge in [0, 0.05) is 11.6 Å². The van der Waals surface area contributed by atoms with Crippen molar-refractivity contribution in [3.63, 3.8) is 0 Å². The number of benzene rings is 1. The lowest BCUT2D eigenvalue weighted by Crippen LogP contribution is -2.21. The molecule has 1 aromatic carbocycles. The molecule has 1 aromatic rings. The normalized spacial score (nSPS) is 13.2. The van der Waals surface area contributed by atoms with Crippen LogP contribution in [0.5, 0.6) is 11.5 Å². The van der Waals surface area contributed by atoms with Crippen molar-refractivity contribution < 1.29 is 37.8 Å². The van der Waals surface area contributed by atoms with E-state index in [1.54, 1.807) is 0 Å². The van der Waals surface area contributed by atoms with Crippen LogP contribution >= 0.6 is 0 Å². The van der Waals surface area contributed by atoms with Crippen LogP contribution in [0.4, 0.5) is 13.2 Å². The highest BCUT2D eigenvalue weighted by Gasteiger charge is 2.41. The third-order valence-corrected chi connectivity index (χ3v) is 1.94. The third-order valence-electron chi connectivity index (χ3n) is 1.94. The zero-order valence-electron chi connectivity index (χ0n) is 9.52. The van der Waals surface area contributed by atoms with Gasteiger partial charge in [-0.25, -0.2) is 0 Å². The Bertz CT molecular complexity index is 394. The van der Waals surface area contributed by atoms with Crippen molar-refractivity contribution in [1.82, 2.24) is 0 Å². The molecule has 1 N–H and O–H groups in total. The number of aliphatic hydroxyl groups is 1. The molecule has 0 aromatic heterocycles. The molecule has 0 bridgehead atoms. The summed E-state index contributed by atoms with van der Waals surface area (Å²) in [4.78, 5) is 17.8. The Balaban J connectivity index is 3.10. The monoisotopic (exact) mass is 268 g/mol. The molecular weight excluding hydrogens is 257 g/mol. The Morgan fingerprint density at radius 3 is 2.22 bits per heavy atom. The summed E-state index contributed by atoms with van der Waals surface area (Å²) in [6, 6.07) is 3.29. The molecule has 0 saturated carbocycles. The number of aliphatic hydroxyl groups excluding tert-OH is 1. The SMILES string of the molecule is COOc1ccc(C(O)C(F)(F)F)c(OOC)c1. The Kier molecular flexibility index (Phi) is 4.76. The summed E-state index contributed by atoms with van der Waals surface area (Å²) < 4.78 is 37.2. The van der Waals surface area contributed by atoms with Gasteiger partial charge in [0.15, 0.2) is 17.6 Å². The van der Waals surface area contributed by atoms with Crippen molar-refractivity contribution in [3.05, 3.63) is 23.8 Å². The average Bonchev–Trinajstić information content (AvgIpc) is 2.28. The second-order valence-corrected chi connectivity index (χ2v) is 3.14. The van der Waals surface area contributed by atoms with E-state index in [0.717, 1.165) is 19.2 Å². The summed E-state index contributed by atoms with van der Waals surface area (Å²) in [6.07, 6.45) is -7.49.